The largest absolute Gasteiger partial charge is 0.497 e. The van der Waals surface area contributed by atoms with Gasteiger partial charge in [-0.3, -0.25) is 9.59 Å². The smallest absolute Gasteiger partial charge is 0.254 e. The highest BCUT2D eigenvalue weighted by atomic mass is 19.1. The summed E-state index contributed by atoms with van der Waals surface area (Å²) in [6.45, 7) is 0.245. The maximum atomic E-state index is 13.5. The molecule has 0 radical (unpaired) electrons. The van der Waals surface area contributed by atoms with Gasteiger partial charge in [-0.1, -0.05) is 0 Å². The summed E-state index contributed by atoms with van der Waals surface area (Å²) in [5.74, 6) is -1.58. The molecule has 0 unspecified atom stereocenters. The molecule has 8 heteroatoms. The number of rotatable bonds is 8. The number of amides is 2. The number of hydrogen-bond donors (Lipinski definition) is 1. The van der Waals surface area contributed by atoms with Crippen LogP contribution < -0.4 is 14.8 Å². The lowest BCUT2D eigenvalue weighted by Gasteiger charge is -2.18. The molecule has 0 saturated carbocycles. The van der Waals surface area contributed by atoms with Crippen molar-refractivity contribution in [2.24, 2.45) is 0 Å². The first-order chi connectivity index (χ1) is 12.9. The number of benzene rings is 2. The van der Waals surface area contributed by atoms with Crippen LogP contribution in [0.1, 0.15) is 10.4 Å². The fourth-order valence-corrected chi connectivity index (χ4v) is 2.16. The molecule has 0 aliphatic heterocycles. The summed E-state index contributed by atoms with van der Waals surface area (Å²) >= 11 is 0. The SMILES string of the molecule is COc1ccc(OCCN(C)C(=O)CNC(=O)c2ccc(F)cc2F)cc1. The minimum atomic E-state index is -0.985. The first-order valence-corrected chi connectivity index (χ1v) is 8.14. The minimum Gasteiger partial charge on any atom is -0.497 e. The van der Waals surface area contributed by atoms with Crippen molar-refractivity contribution >= 4 is 11.8 Å². The number of halogens is 2. The number of hydrogen-bond acceptors (Lipinski definition) is 4. The van der Waals surface area contributed by atoms with E-state index in [-0.39, 0.29) is 24.6 Å². The second-order valence-electron chi connectivity index (χ2n) is 5.65. The zero-order valence-corrected chi connectivity index (χ0v) is 15.0. The van der Waals surface area contributed by atoms with Gasteiger partial charge in [0.2, 0.25) is 5.91 Å². The van der Waals surface area contributed by atoms with Crippen LogP contribution in [0, 0.1) is 11.6 Å². The molecule has 0 atom stereocenters. The van der Waals surface area contributed by atoms with Crippen LogP contribution in [0.2, 0.25) is 0 Å². The van der Waals surface area contributed by atoms with Crippen molar-refractivity contribution in [2.45, 2.75) is 0 Å². The number of likely N-dealkylation sites (N-methyl/N-ethyl adjacent to an activating group) is 1. The van der Waals surface area contributed by atoms with Crippen LogP contribution in [-0.2, 0) is 4.79 Å². The van der Waals surface area contributed by atoms with Crippen molar-refractivity contribution in [2.75, 3.05) is 33.9 Å². The normalized spacial score (nSPS) is 10.2. The molecule has 27 heavy (non-hydrogen) atoms. The monoisotopic (exact) mass is 378 g/mol. The number of carbonyl (C=O) groups is 2. The van der Waals surface area contributed by atoms with E-state index in [1.54, 1.807) is 38.4 Å². The van der Waals surface area contributed by atoms with Crippen molar-refractivity contribution in [3.05, 3.63) is 59.7 Å². The average molecular weight is 378 g/mol. The molecule has 1 N–H and O–H groups in total. The van der Waals surface area contributed by atoms with Gasteiger partial charge < -0.3 is 19.7 Å². The Morgan fingerprint density at radius 1 is 1.07 bits per heavy atom. The Morgan fingerprint density at radius 2 is 1.74 bits per heavy atom. The summed E-state index contributed by atoms with van der Waals surface area (Å²) in [7, 11) is 3.13. The Labute approximate surface area is 155 Å². The number of nitrogens with zero attached hydrogens (tertiary/aromatic N) is 1. The van der Waals surface area contributed by atoms with Crippen LogP contribution in [0.15, 0.2) is 42.5 Å². The number of methoxy groups -OCH3 is 1. The van der Waals surface area contributed by atoms with Crippen molar-refractivity contribution < 1.29 is 27.8 Å². The second-order valence-corrected chi connectivity index (χ2v) is 5.65. The van der Waals surface area contributed by atoms with Crippen LogP contribution in [0.25, 0.3) is 0 Å². The van der Waals surface area contributed by atoms with Gasteiger partial charge in [-0.2, -0.15) is 0 Å². The first-order valence-electron chi connectivity index (χ1n) is 8.14. The molecule has 2 aromatic rings. The van der Waals surface area contributed by atoms with Crippen molar-refractivity contribution in [1.82, 2.24) is 10.2 Å². The minimum absolute atomic E-state index is 0.259. The zero-order valence-electron chi connectivity index (χ0n) is 15.0. The summed E-state index contributed by atoms with van der Waals surface area (Å²) < 4.78 is 37.0. The van der Waals surface area contributed by atoms with Gasteiger partial charge in [-0.15, -0.1) is 0 Å². The fourth-order valence-electron chi connectivity index (χ4n) is 2.16. The highest BCUT2D eigenvalue weighted by Crippen LogP contribution is 2.16. The van der Waals surface area contributed by atoms with E-state index >= 15 is 0 Å². The first kappa shape index (κ1) is 20.2. The van der Waals surface area contributed by atoms with E-state index in [1.807, 2.05) is 0 Å². The maximum Gasteiger partial charge on any atom is 0.254 e. The van der Waals surface area contributed by atoms with Crippen LogP contribution in [0.5, 0.6) is 11.5 Å². The maximum absolute atomic E-state index is 13.5. The summed E-state index contributed by atoms with van der Waals surface area (Å²) in [4.78, 5) is 25.3. The lowest BCUT2D eigenvalue weighted by Crippen LogP contribution is -2.40. The Morgan fingerprint density at radius 3 is 2.37 bits per heavy atom. The Hall–Kier alpha value is -3.16. The lowest BCUT2D eigenvalue weighted by atomic mass is 10.2. The molecule has 2 aromatic carbocycles. The standard InChI is InChI=1S/C19H20F2N2O4/c1-23(9-10-27-15-6-4-14(26-2)5-7-15)18(24)12-22-19(25)16-8-3-13(20)11-17(16)21/h3-8,11H,9-10,12H2,1-2H3,(H,22,25). The third-order valence-electron chi connectivity index (χ3n) is 3.76. The van der Waals surface area contributed by atoms with Gasteiger partial charge in [-0.05, 0) is 36.4 Å². The highest BCUT2D eigenvalue weighted by Gasteiger charge is 2.15. The third-order valence-corrected chi connectivity index (χ3v) is 3.76. The van der Waals surface area contributed by atoms with Gasteiger partial charge in [0.05, 0.1) is 25.8 Å². The van der Waals surface area contributed by atoms with Crippen molar-refractivity contribution in [3.8, 4) is 11.5 Å². The number of ether oxygens (including phenoxy) is 2. The van der Waals surface area contributed by atoms with Gasteiger partial charge in [0.15, 0.2) is 0 Å². The molecular formula is C19H20F2N2O4. The van der Waals surface area contributed by atoms with Crippen molar-refractivity contribution in [1.29, 1.82) is 0 Å². The van der Waals surface area contributed by atoms with E-state index in [9.17, 15) is 18.4 Å². The molecular weight excluding hydrogens is 358 g/mol. The average Bonchev–Trinajstić information content (AvgIpc) is 2.66. The lowest BCUT2D eigenvalue weighted by molar-refractivity contribution is -0.129. The summed E-state index contributed by atoms with van der Waals surface area (Å²) in [6, 6.07) is 9.62. The van der Waals surface area contributed by atoms with Gasteiger partial charge in [0.1, 0.15) is 29.7 Å². The molecule has 0 heterocycles. The summed E-state index contributed by atoms with van der Waals surface area (Å²) in [6.07, 6.45) is 0. The molecule has 0 aromatic heterocycles. The van der Waals surface area contributed by atoms with Gasteiger partial charge in [-0.25, -0.2) is 8.78 Å². The van der Waals surface area contributed by atoms with E-state index in [4.69, 9.17) is 9.47 Å². The van der Waals surface area contributed by atoms with Crippen LogP contribution in [-0.4, -0.2) is 50.6 Å². The molecule has 0 aliphatic rings. The molecule has 144 valence electrons. The van der Waals surface area contributed by atoms with E-state index in [0.717, 1.165) is 12.1 Å². The van der Waals surface area contributed by atoms with Crippen LogP contribution >= 0.6 is 0 Å². The quantitative estimate of drug-likeness (QED) is 0.765. The Balaban J connectivity index is 1.75. The summed E-state index contributed by atoms with van der Waals surface area (Å²) in [5, 5.41) is 2.31. The summed E-state index contributed by atoms with van der Waals surface area (Å²) in [5.41, 5.74) is -0.324. The molecule has 0 saturated heterocycles. The van der Waals surface area contributed by atoms with E-state index < -0.39 is 17.5 Å². The Bertz CT molecular complexity index is 797. The molecule has 0 fully saturated rings. The fraction of sp³-hybridized carbons (Fsp3) is 0.263. The molecule has 0 bridgehead atoms. The topological polar surface area (TPSA) is 67.9 Å². The number of nitrogens with one attached hydrogen (secondary N) is 1. The van der Waals surface area contributed by atoms with Crippen molar-refractivity contribution in [3.63, 3.8) is 0 Å². The zero-order chi connectivity index (χ0) is 19.8. The predicted octanol–water partition coefficient (Wildman–Crippen LogP) is 2.24. The molecule has 6 nitrogen and oxygen atoms in total. The van der Waals surface area contributed by atoms with Gasteiger partial charge in [0, 0.05) is 13.1 Å². The van der Waals surface area contributed by atoms with Gasteiger partial charge in [0.25, 0.3) is 5.91 Å². The molecule has 0 aliphatic carbocycles. The number of carbonyl (C=O) groups excluding carboxylic acids is 2. The Kier molecular flexibility index (Phi) is 7.10. The van der Waals surface area contributed by atoms with Gasteiger partial charge >= 0.3 is 0 Å². The molecule has 2 rings (SSSR count). The van der Waals surface area contributed by atoms with E-state index in [1.165, 1.54) is 4.90 Å². The molecule has 2 amide bonds. The second kappa shape index (κ2) is 9.51. The predicted molar refractivity (Wildman–Crippen MR) is 94.8 cm³/mol. The van der Waals surface area contributed by atoms with Crippen LogP contribution in [0.4, 0.5) is 8.78 Å². The van der Waals surface area contributed by atoms with E-state index in [0.29, 0.717) is 24.1 Å². The van der Waals surface area contributed by atoms with Crippen LogP contribution in [0.3, 0.4) is 0 Å². The van der Waals surface area contributed by atoms with E-state index in [2.05, 4.69) is 5.32 Å². The highest BCUT2D eigenvalue weighted by molar-refractivity contribution is 5.96. The molecule has 0 spiro atoms. The third kappa shape index (κ3) is 5.95.